The first-order chi connectivity index (χ1) is 8.83. The molecule has 0 amide bonds. The Kier molecular flexibility index (Phi) is 2.86. The summed E-state index contributed by atoms with van der Waals surface area (Å²) in [6.07, 6.45) is 3.29. The van der Waals surface area contributed by atoms with Gasteiger partial charge in [0.15, 0.2) is 30.4 Å². The zero-order valence-electron chi connectivity index (χ0n) is 9.82. The Hall–Kier alpha value is -2.07. The van der Waals surface area contributed by atoms with Gasteiger partial charge >= 0.3 is 0 Å². The number of aliphatic hydroxyl groups is 1. The molecule has 1 aliphatic heterocycles. The van der Waals surface area contributed by atoms with Gasteiger partial charge in [-0.15, -0.1) is 0 Å². The summed E-state index contributed by atoms with van der Waals surface area (Å²) in [5.41, 5.74) is 0.829. The second-order valence-electron chi connectivity index (χ2n) is 4.20. The van der Waals surface area contributed by atoms with Gasteiger partial charge in [-0.25, -0.2) is 4.57 Å². The number of aromatic nitrogens is 1. The monoisotopic (exact) mass is 244 g/mol. The van der Waals surface area contributed by atoms with Crippen molar-refractivity contribution in [3.8, 4) is 11.5 Å². The normalized spacial score (nSPS) is 14.5. The molecule has 92 valence electrons. The number of ether oxygens (including phenoxy) is 2. The summed E-state index contributed by atoms with van der Waals surface area (Å²) in [7, 11) is 0. The first-order valence-electron chi connectivity index (χ1n) is 5.84. The van der Waals surface area contributed by atoms with Gasteiger partial charge in [-0.1, -0.05) is 12.1 Å². The summed E-state index contributed by atoms with van der Waals surface area (Å²) < 4.78 is 12.5. The number of fused-ring (bicyclic) bond motifs is 1. The number of rotatable bonds is 3. The Labute approximate surface area is 105 Å². The molecule has 2 heterocycles. The van der Waals surface area contributed by atoms with Crippen LogP contribution in [-0.4, -0.2) is 11.9 Å². The molecular weight excluding hydrogens is 230 g/mol. The summed E-state index contributed by atoms with van der Waals surface area (Å²) in [5.74, 6) is 1.43. The lowest BCUT2D eigenvalue weighted by atomic mass is 10.1. The van der Waals surface area contributed by atoms with Crippen molar-refractivity contribution in [3.63, 3.8) is 0 Å². The molecule has 0 radical (unpaired) electrons. The minimum absolute atomic E-state index is 0.252. The molecule has 1 N–H and O–H groups in total. The van der Waals surface area contributed by atoms with E-state index in [1.165, 1.54) is 0 Å². The van der Waals surface area contributed by atoms with Crippen LogP contribution in [0, 0.1) is 0 Å². The molecule has 1 atom stereocenters. The third-order valence-corrected chi connectivity index (χ3v) is 2.94. The molecular formula is C14H14NO3+. The van der Waals surface area contributed by atoms with Gasteiger partial charge in [0.25, 0.3) is 0 Å². The van der Waals surface area contributed by atoms with Crippen molar-refractivity contribution in [2.45, 2.75) is 12.6 Å². The summed E-state index contributed by atoms with van der Waals surface area (Å²) in [6.45, 7) is 0.767. The molecule has 0 spiro atoms. The first kappa shape index (κ1) is 11.0. The number of pyridine rings is 1. The maximum Gasteiger partial charge on any atom is 0.231 e. The predicted molar refractivity (Wildman–Crippen MR) is 64.2 cm³/mol. The molecule has 0 bridgehead atoms. The molecule has 1 aliphatic rings. The molecule has 0 aliphatic carbocycles. The molecule has 1 aromatic carbocycles. The van der Waals surface area contributed by atoms with Crippen molar-refractivity contribution in [1.29, 1.82) is 0 Å². The Morgan fingerprint density at radius 2 is 1.89 bits per heavy atom. The Balaban J connectivity index is 1.78. The van der Waals surface area contributed by atoms with Crippen LogP contribution in [-0.2, 0) is 6.54 Å². The van der Waals surface area contributed by atoms with E-state index in [4.69, 9.17) is 9.47 Å². The van der Waals surface area contributed by atoms with Crippen molar-refractivity contribution in [2.24, 2.45) is 0 Å². The van der Waals surface area contributed by atoms with E-state index >= 15 is 0 Å². The SMILES string of the molecule is OC(C[n+]1ccccc1)c1ccc2c(c1)OCO2. The maximum atomic E-state index is 10.2. The quantitative estimate of drug-likeness (QED) is 0.831. The van der Waals surface area contributed by atoms with E-state index in [2.05, 4.69) is 0 Å². The molecule has 1 unspecified atom stereocenters. The van der Waals surface area contributed by atoms with Crippen LogP contribution in [0.5, 0.6) is 11.5 Å². The fourth-order valence-electron chi connectivity index (χ4n) is 1.98. The van der Waals surface area contributed by atoms with Crippen LogP contribution < -0.4 is 14.0 Å². The van der Waals surface area contributed by atoms with Crippen LogP contribution in [0.15, 0.2) is 48.8 Å². The minimum atomic E-state index is -0.563. The molecule has 18 heavy (non-hydrogen) atoms. The fraction of sp³-hybridized carbons (Fsp3) is 0.214. The lowest BCUT2D eigenvalue weighted by Crippen LogP contribution is -2.35. The molecule has 4 nitrogen and oxygen atoms in total. The van der Waals surface area contributed by atoms with Gasteiger partial charge in [-0.2, -0.15) is 0 Å². The zero-order valence-corrected chi connectivity index (χ0v) is 9.82. The van der Waals surface area contributed by atoms with Crippen LogP contribution in [0.4, 0.5) is 0 Å². The van der Waals surface area contributed by atoms with Gasteiger partial charge < -0.3 is 14.6 Å². The summed E-state index contributed by atoms with van der Waals surface area (Å²) >= 11 is 0. The van der Waals surface area contributed by atoms with Crippen molar-refractivity contribution >= 4 is 0 Å². The van der Waals surface area contributed by atoms with Crippen LogP contribution in [0.1, 0.15) is 11.7 Å². The molecule has 0 saturated heterocycles. The van der Waals surface area contributed by atoms with Crippen LogP contribution in [0.25, 0.3) is 0 Å². The van der Waals surface area contributed by atoms with E-state index < -0.39 is 6.10 Å². The second kappa shape index (κ2) is 4.66. The Morgan fingerprint density at radius 3 is 2.72 bits per heavy atom. The molecule has 1 aromatic heterocycles. The van der Waals surface area contributed by atoms with Crippen LogP contribution in [0.3, 0.4) is 0 Å². The lowest BCUT2D eigenvalue weighted by molar-refractivity contribution is -0.704. The van der Waals surface area contributed by atoms with Gasteiger partial charge in [0, 0.05) is 12.1 Å². The van der Waals surface area contributed by atoms with Gasteiger partial charge in [-0.3, -0.25) is 0 Å². The molecule has 0 saturated carbocycles. The highest BCUT2D eigenvalue weighted by atomic mass is 16.7. The van der Waals surface area contributed by atoms with E-state index in [0.29, 0.717) is 12.3 Å². The third kappa shape index (κ3) is 2.15. The number of nitrogens with zero attached hydrogens (tertiary/aromatic N) is 1. The summed E-state index contributed by atoms with van der Waals surface area (Å²) in [4.78, 5) is 0. The van der Waals surface area contributed by atoms with Crippen molar-refractivity contribution in [3.05, 3.63) is 54.4 Å². The third-order valence-electron chi connectivity index (χ3n) is 2.94. The standard InChI is InChI=1S/C14H14NO3/c16-12(9-15-6-2-1-3-7-15)11-4-5-13-14(8-11)18-10-17-13/h1-8,12,16H,9-10H2/q+1. The average molecular weight is 244 g/mol. The van der Waals surface area contributed by atoms with Crippen molar-refractivity contribution < 1.29 is 19.1 Å². The first-order valence-corrected chi connectivity index (χ1v) is 5.84. The molecule has 4 heteroatoms. The van der Waals surface area contributed by atoms with Crippen LogP contribution >= 0.6 is 0 Å². The van der Waals surface area contributed by atoms with E-state index in [9.17, 15) is 5.11 Å². The highest BCUT2D eigenvalue weighted by Gasteiger charge is 2.18. The van der Waals surface area contributed by atoms with Crippen molar-refractivity contribution in [1.82, 2.24) is 0 Å². The topological polar surface area (TPSA) is 42.6 Å². The smallest absolute Gasteiger partial charge is 0.231 e. The number of hydrogen-bond donors (Lipinski definition) is 1. The minimum Gasteiger partial charge on any atom is -0.454 e. The Bertz CT molecular complexity index is 542. The largest absolute Gasteiger partial charge is 0.454 e. The highest BCUT2D eigenvalue weighted by Crippen LogP contribution is 2.34. The van der Waals surface area contributed by atoms with E-state index in [-0.39, 0.29) is 6.79 Å². The summed E-state index contributed by atoms with van der Waals surface area (Å²) in [6, 6.07) is 11.3. The number of aliphatic hydroxyl groups excluding tert-OH is 1. The van der Waals surface area contributed by atoms with Gasteiger partial charge in [0.2, 0.25) is 6.79 Å². The average Bonchev–Trinajstić information content (AvgIpc) is 2.87. The summed E-state index contributed by atoms with van der Waals surface area (Å²) in [5, 5.41) is 10.2. The van der Waals surface area contributed by atoms with Gasteiger partial charge in [-0.05, 0) is 17.7 Å². The van der Waals surface area contributed by atoms with Gasteiger partial charge in [0.05, 0.1) is 0 Å². The molecule has 2 aromatic rings. The van der Waals surface area contributed by atoms with Gasteiger partial charge in [0.1, 0.15) is 6.10 Å². The molecule has 0 fully saturated rings. The van der Waals surface area contributed by atoms with E-state index in [1.54, 1.807) is 0 Å². The highest BCUT2D eigenvalue weighted by molar-refractivity contribution is 5.44. The zero-order chi connectivity index (χ0) is 12.4. The Morgan fingerprint density at radius 1 is 1.11 bits per heavy atom. The molecule has 3 rings (SSSR count). The lowest BCUT2D eigenvalue weighted by Gasteiger charge is -2.08. The van der Waals surface area contributed by atoms with Crippen LogP contribution in [0.2, 0.25) is 0 Å². The van der Waals surface area contributed by atoms with E-state index in [0.717, 1.165) is 11.3 Å². The van der Waals surface area contributed by atoms with E-state index in [1.807, 2.05) is 53.4 Å². The number of hydrogen-bond acceptors (Lipinski definition) is 3. The van der Waals surface area contributed by atoms with Crippen molar-refractivity contribution in [2.75, 3.05) is 6.79 Å². The predicted octanol–water partition coefficient (Wildman–Crippen LogP) is 1.44. The fourth-order valence-corrected chi connectivity index (χ4v) is 1.98. The second-order valence-corrected chi connectivity index (χ2v) is 4.20. The maximum absolute atomic E-state index is 10.2. The number of benzene rings is 1.